The minimum absolute atomic E-state index is 0. The predicted molar refractivity (Wildman–Crippen MR) is 63.2 cm³/mol. The van der Waals surface area contributed by atoms with Gasteiger partial charge in [0.15, 0.2) is 0 Å². The van der Waals surface area contributed by atoms with Gasteiger partial charge < -0.3 is 4.74 Å². The van der Waals surface area contributed by atoms with E-state index in [0.29, 0.717) is 0 Å². The SMILES string of the molecule is C.C.CC(C)CCOCCC(C)C. The Labute approximate surface area is 85.9 Å². The third-order valence-corrected chi connectivity index (χ3v) is 1.68. The second-order valence-electron chi connectivity index (χ2n) is 3.98. The Bertz CT molecular complexity index is 67.2. The molecule has 0 aliphatic rings. The Morgan fingerprint density at radius 1 is 0.769 bits per heavy atom. The first kappa shape index (κ1) is 18.7. The standard InChI is InChI=1S/C10H22O.2CH4/c1-9(2)5-7-11-8-6-10(3)4;;/h9-10H,5-8H2,1-4H3;2*1H4. The summed E-state index contributed by atoms with van der Waals surface area (Å²) in [6.07, 6.45) is 2.39. The summed E-state index contributed by atoms with van der Waals surface area (Å²) in [5.41, 5.74) is 0. The molecule has 0 radical (unpaired) electrons. The van der Waals surface area contributed by atoms with E-state index in [2.05, 4.69) is 27.7 Å². The van der Waals surface area contributed by atoms with E-state index in [4.69, 9.17) is 4.74 Å². The summed E-state index contributed by atoms with van der Waals surface area (Å²) in [4.78, 5) is 0. The van der Waals surface area contributed by atoms with E-state index >= 15 is 0 Å². The van der Waals surface area contributed by atoms with Crippen LogP contribution in [0.25, 0.3) is 0 Å². The molecule has 0 bridgehead atoms. The van der Waals surface area contributed by atoms with E-state index in [-0.39, 0.29) is 14.9 Å². The van der Waals surface area contributed by atoms with Crippen molar-refractivity contribution in [2.45, 2.75) is 55.4 Å². The molecule has 13 heavy (non-hydrogen) atoms. The van der Waals surface area contributed by atoms with E-state index in [9.17, 15) is 0 Å². The van der Waals surface area contributed by atoms with Gasteiger partial charge >= 0.3 is 0 Å². The largest absolute Gasteiger partial charge is 0.381 e. The fourth-order valence-corrected chi connectivity index (χ4v) is 0.740. The number of hydrogen-bond acceptors (Lipinski definition) is 1. The van der Waals surface area contributed by atoms with Crippen molar-refractivity contribution in [3.05, 3.63) is 0 Å². The highest BCUT2D eigenvalue weighted by Gasteiger charge is 1.95. The van der Waals surface area contributed by atoms with Gasteiger partial charge in [-0.1, -0.05) is 42.5 Å². The molecular weight excluding hydrogens is 160 g/mol. The summed E-state index contributed by atoms with van der Waals surface area (Å²) in [6, 6.07) is 0. The molecule has 0 heterocycles. The lowest BCUT2D eigenvalue weighted by Crippen LogP contribution is -2.02. The molecule has 0 saturated heterocycles. The zero-order valence-electron chi connectivity index (χ0n) is 8.39. The number of ether oxygens (including phenoxy) is 1. The van der Waals surface area contributed by atoms with Gasteiger partial charge in [0, 0.05) is 13.2 Å². The third kappa shape index (κ3) is 18.7. The smallest absolute Gasteiger partial charge is 0.0468 e. The maximum atomic E-state index is 5.46. The van der Waals surface area contributed by atoms with Crippen LogP contribution in [0.4, 0.5) is 0 Å². The molecular formula is C12H30O. The van der Waals surface area contributed by atoms with Crippen molar-refractivity contribution >= 4 is 0 Å². The van der Waals surface area contributed by atoms with Gasteiger partial charge in [-0.3, -0.25) is 0 Å². The van der Waals surface area contributed by atoms with E-state index in [1.807, 2.05) is 0 Å². The van der Waals surface area contributed by atoms with Crippen molar-refractivity contribution < 1.29 is 4.74 Å². The summed E-state index contributed by atoms with van der Waals surface area (Å²) in [7, 11) is 0. The van der Waals surface area contributed by atoms with Crippen LogP contribution < -0.4 is 0 Å². The van der Waals surface area contributed by atoms with Crippen LogP contribution in [0.5, 0.6) is 0 Å². The molecule has 0 aliphatic carbocycles. The van der Waals surface area contributed by atoms with E-state index in [0.717, 1.165) is 25.0 Å². The average molecular weight is 190 g/mol. The van der Waals surface area contributed by atoms with Gasteiger partial charge in [-0.15, -0.1) is 0 Å². The first-order valence-electron chi connectivity index (χ1n) is 4.70. The number of hydrogen-bond donors (Lipinski definition) is 0. The van der Waals surface area contributed by atoms with Crippen molar-refractivity contribution in [1.29, 1.82) is 0 Å². The van der Waals surface area contributed by atoms with Gasteiger partial charge in [0.2, 0.25) is 0 Å². The Kier molecular flexibility index (Phi) is 17.2. The minimum atomic E-state index is 0. The molecule has 0 N–H and O–H groups in total. The van der Waals surface area contributed by atoms with E-state index in [1.54, 1.807) is 0 Å². The Morgan fingerprint density at radius 2 is 1.08 bits per heavy atom. The second kappa shape index (κ2) is 12.0. The number of rotatable bonds is 6. The maximum Gasteiger partial charge on any atom is 0.0468 e. The highest BCUT2D eigenvalue weighted by Crippen LogP contribution is 2.02. The molecule has 1 nitrogen and oxygen atoms in total. The Hall–Kier alpha value is -0.0400. The third-order valence-electron chi connectivity index (χ3n) is 1.68. The highest BCUT2D eigenvalue weighted by molar-refractivity contribution is 4.45. The Morgan fingerprint density at radius 3 is 1.31 bits per heavy atom. The normalized spacial score (nSPS) is 9.69. The molecule has 0 fully saturated rings. The van der Waals surface area contributed by atoms with Crippen molar-refractivity contribution in [2.75, 3.05) is 13.2 Å². The van der Waals surface area contributed by atoms with E-state index in [1.165, 1.54) is 12.8 Å². The van der Waals surface area contributed by atoms with Crippen molar-refractivity contribution in [3.63, 3.8) is 0 Å². The summed E-state index contributed by atoms with van der Waals surface area (Å²) in [6.45, 7) is 10.8. The molecule has 0 aromatic heterocycles. The van der Waals surface area contributed by atoms with Gasteiger partial charge in [-0.2, -0.15) is 0 Å². The first-order chi connectivity index (χ1) is 5.13. The van der Waals surface area contributed by atoms with Crippen LogP contribution in [0.3, 0.4) is 0 Å². The lowest BCUT2D eigenvalue weighted by molar-refractivity contribution is 0.114. The summed E-state index contributed by atoms with van der Waals surface area (Å²) in [5, 5.41) is 0. The maximum absolute atomic E-state index is 5.46. The van der Waals surface area contributed by atoms with E-state index < -0.39 is 0 Å². The predicted octanol–water partition coefficient (Wildman–Crippen LogP) is 4.37. The van der Waals surface area contributed by atoms with Crippen LogP contribution in [0.1, 0.15) is 55.4 Å². The van der Waals surface area contributed by atoms with Crippen LogP contribution in [0.15, 0.2) is 0 Å². The average Bonchev–Trinajstić information content (AvgIpc) is 1.85. The zero-order valence-corrected chi connectivity index (χ0v) is 8.39. The lowest BCUT2D eigenvalue weighted by atomic mass is 10.1. The van der Waals surface area contributed by atoms with Crippen molar-refractivity contribution in [2.24, 2.45) is 11.8 Å². The molecule has 0 rings (SSSR count). The summed E-state index contributed by atoms with van der Waals surface area (Å²) < 4.78 is 5.46. The molecule has 0 aromatic carbocycles. The van der Waals surface area contributed by atoms with Crippen molar-refractivity contribution in [3.8, 4) is 0 Å². The molecule has 0 saturated carbocycles. The molecule has 0 spiro atoms. The molecule has 0 amide bonds. The van der Waals surface area contributed by atoms with Gasteiger partial charge in [0.05, 0.1) is 0 Å². The molecule has 1 heteroatoms. The minimum Gasteiger partial charge on any atom is -0.381 e. The second-order valence-corrected chi connectivity index (χ2v) is 3.98. The highest BCUT2D eigenvalue weighted by atomic mass is 16.5. The molecule has 0 atom stereocenters. The molecule has 0 aromatic rings. The lowest BCUT2D eigenvalue weighted by Gasteiger charge is -2.07. The summed E-state index contributed by atoms with van der Waals surface area (Å²) >= 11 is 0. The fraction of sp³-hybridized carbons (Fsp3) is 1.00. The van der Waals surface area contributed by atoms with Crippen molar-refractivity contribution in [1.82, 2.24) is 0 Å². The van der Waals surface area contributed by atoms with Gasteiger partial charge in [0.1, 0.15) is 0 Å². The van der Waals surface area contributed by atoms with Crippen LogP contribution in [-0.2, 0) is 4.74 Å². The Balaban J connectivity index is -0.000000500. The van der Waals surface area contributed by atoms with Gasteiger partial charge in [-0.05, 0) is 24.7 Å². The zero-order chi connectivity index (χ0) is 8.69. The van der Waals surface area contributed by atoms with Crippen LogP contribution in [-0.4, -0.2) is 13.2 Å². The van der Waals surface area contributed by atoms with Gasteiger partial charge in [0.25, 0.3) is 0 Å². The van der Waals surface area contributed by atoms with Crippen LogP contribution in [0.2, 0.25) is 0 Å². The molecule has 0 aliphatic heterocycles. The molecule has 84 valence electrons. The fourth-order valence-electron chi connectivity index (χ4n) is 0.740. The molecule has 0 unspecified atom stereocenters. The monoisotopic (exact) mass is 190 g/mol. The summed E-state index contributed by atoms with van der Waals surface area (Å²) in [5.74, 6) is 1.54. The van der Waals surface area contributed by atoms with Crippen LogP contribution >= 0.6 is 0 Å². The topological polar surface area (TPSA) is 9.23 Å². The first-order valence-corrected chi connectivity index (χ1v) is 4.70. The van der Waals surface area contributed by atoms with Crippen LogP contribution in [0, 0.1) is 11.8 Å². The quantitative estimate of drug-likeness (QED) is 0.565. The van der Waals surface area contributed by atoms with Gasteiger partial charge in [-0.25, -0.2) is 0 Å².